The lowest BCUT2D eigenvalue weighted by Crippen LogP contribution is -2.15. The van der Waals surface area contributed by atoms with E-state index in [0.717, 1.165) is 25.4 Å². The van der Waals surface area contributed by atoms with Crippen molar-refractivity contribution >= 4 is 12.4 Å². The van der Waals surface area contributed by atoms with E-state index in [1.807, 2.05) is 17.9 Å². The Hall–Kier alpha value is -0.740. The average Bonchev–Trinajstić information content (AvgIpc) is 2.59. The van der Waals surface area contributed by atoms with Crippen molar-refractivity contribution in [2.24, 2.45) is 5.92 Å². The summed E-state index contributed by atoms with van der Waals surface area (Å²) < 4.78 is 7.41. The molecule has 0 aromatic carbocycles. The van der Waals surface area contributed by atoms with Crippen molar-refractivity contribution < 1.29 is 4.74 Å². The van der Waals surface area contributed by atoms with Crippen LogP contribution in [0.1, 0.15) is 13.8 Å². The third-order valence-electron chi connectivity index (χ3n) is 1.78. The number of hydrogen-bond acceptors (Lipinski definition) is 3. The number of halogens is 1. The fraction of sp³-hybridized carbons (Fsp3) is 0.700. The molecule has 1 aromatic heterocycles. The molecule has 1 aromatic rings. The highest BCUT2D eigenvalue weighted by Crippen LogP contribution is 2.09. The predicted octanol–water partition coefficient (Wildman–Crippen LogP) is 1.56. The molecule has 0 radical (unpaired) electrons. The van der Waals surface area contributed by atoms with E-state index in [-0.39, 0.29) is 12.4 Å². The standard InChI is InChI=1S/C10H19N3O.ClH/c1-9(2)8-14-10-6-12-13(7-10)5-4-11-3;/h6-7,9,11H,4-5,8H2,1-3H3;1H. The van der Waals surface area contributed by atoms with E-state index in [1.54, 1.807) is 6.20 Å². The second kappa shape index (κ2) is 7.54. The first-order chi connectivity index (χ1) is 6.72. The molecule has 0 aliphatic carbocycles. The normalized spacial score (nSPS) is 10.1. The first kappa shape index (κ1) is 14.3. The minimum atomic E-state index is 0. The van der Waals surface area contributed by atoms with Crippen molar-refractivity contribution in [2.45, 2.75) is 20.4 Å². The van der Waals surface area contributed by atoms with Gasteiger partial charge in [-0.15, -0.1) is 12.4 Å². The third kappa shape index (κ3) is 5.64. The molecule has 0 aliphatic heterocycles. The molecule has 4 nitrogen and oxygen atoms in total. The molecule has 1 N–H and O–H groups in total. The van der Waals surface area contributed by atoms with Crippen LogP contribution in [0.4, 0.5) is 0 Å². The second-order valence-corrected chi connectivity index (χ2v) is 3.75. The Morgan fingerprint density at radius 2 is 2.27 bits per heavy atom. The van der Waals surface area contributed by atoms with Gasteiger partial charge in [0, 0.05) is 6.54 Å². The number of aromatic nitrogens is 2. The molecular formula is C10H20ClN3O. The van der Waals surface area contributed by atoms with Crippen LogP contribution in [0.2, 0.25) is 0 Å². The maximum atomic E-state index is 5.52. The first-order valence-corrected chi connectivity index (χ1v) is 5.02. The van der Waals surface area contributed by atoms with Crippen molar-refractivity contribution in [1.29, 1.82) is 0 Å². The van der Waals surface area contributed by atoms with Crippen LogP contribution in [0, 0.1) is 5.92 Å². The van der Waals surface area contributed by atoms with Crippen LogP contribution in [0.25, 0.3) is 0 Å². The number of nitrogens with one attached hydrogen (secondary N) is 1. The highest BCUT2D eigenvalue weighted by molar-refractivity contribution is 5.85. The molecule has 5 heteroatoms. The van der Waals surface area contributed by atoms with Gasteiger partial charge in [0.2, 0.25) is 0 Å². The van der Waals surface area contributed by atoms with Crippen molar-refractivity contribution in [3.05, 3.63) is 12.4 Å². The maximum absolute atomic E-state index is 5.52. The lowest BCUT2D eigenvalue weighted by Gasteiger charge is -2.05. The number of hydrogen-bond donors (Lipinski definition) is 1. The molecule has 1 heterocycles. The van der Waals surface area contributed by atoms with Gasteiger partial charge in [-0.3, -0.25) is 4.68 Å². The van der Waals surface area contributed by atoms with Crippen molar-refractivity contribution in [2.75, 3.05) is 20.2 Å². The summed E-state index contributed by atoms with van der Waals surface area (Å²) in [6.45, 7) is 6.81. The zero-order valence-electron chi connectivity index (χ0n) is 9.56. The van der Waals surface area contributed by atoms with Crippen molar-refractivity contribution in [3.8, 4) is 5.75 Å². The molecule has 0 bridgehead atoms. The van der Waals surface area contributed by atoms with Crippen LogP contribution in [0.5, 0.6) is 5.75 Å². The quantitative estimate of drug-likeness (QED) is 0.811. The molecule has 0 amide bonds. The fourth-order valence-corrected chi connectivity index (χ4v) is 1.03. The smallest absolute Gasteiger partial charge is 0.157 e. The van der Waals surface area contributed by atoms with Gasteiger partial charge in [0.1, 0.15) is 0 Å². The Kier molecular flexibility index (Phi) is 7.17. The van der Waals surface area contributed by atoms with Gasteiger partial charge >= 0.3 is 0 Å². The van der Waals surface area contributed by atoms with Gasteiger partial charge < -0.3 is 10.1 Å². The lowest BCUT2D eigenvalue weighted by molar-refractivity contribution is 0.270. The summed E-state index contributed by atoms with van der Waals surface area (Å²) in [6, 6.07) is 0. The van der Waals surface area contributed by atoms with E-state index in [0.29, 0.717) is 5.92 Å². The largest absolute Gasteiger partial charge is 0.490 e. The van der Waals surface area contributed by atoms with E-state index in [1.165, 1.54) is 0 Å². The Labute approximate surface area is 97.4 Å². The first-order valence-electron chi connectivity index (χ1n) is 5.02. The van der Waals surface area contributed by atoms with Crippen LogP contribution in [0.3, 0.4) is 0 Å². The van der Waals surface area contributed by atoms with Gasteiger partial charge in [0.15, 0.2) is 5.75 Å². The number of rotatable bonds is 6. The summed E-state index contributed by atoms with van der Waals surface area (Å²) in [4.78, 5) is 0. The van der Waals surface area contributed by atoms with Gasteiger partial charge in [0.25, 0.3) is 0 Å². The van der Waals surface area contributed by atoms with E-state index in [2.05, 4.69) is 24.3 Å². The highest BCUT2D eigenvalue weighted by atomic mass is 35.5. The average molecular weight is 234 g/mol. The molecule has 0 unspecified atom stereocenters. The summed E-state index contributed by atoms with van der Waals surface area (Å²) in [7, 11) is 1.93. The summed E-state index contributed by atoms with van der Waals surface area (Å²) in [6.07, 6.45) is 3.69. The van der Waals surface area contributed by atoms with Crippen molar-refractivity contribution in [3.63, 3.8) is 0 Å². The van der Waals surface area contributed by atoms with E-state index < -0.39 is 0 Å². The molecule has 0 aliphatic rings. The monoisotopic (exact) mass is 233 g/mol. The van der Waals surface area contributed by atoms with Gasteiger partial charge in [-0.2, -0.15) is 5.10 Å². The third-order valence-corrected chi connectivity index (χ3v) is 1.78. The summed E-state index contributed by atoms with van der Waals surface area (Å²) in [5.41, 5.74) is 0. The second-order valence-electron chi connectivity index (χ2n) is 3.75. The minimum Gasteiger partial charge on any atom is -0.490 e. The molecule has 1 rings (SSSR count). The predicted molar refractivity (Wildman–Crippen MR) is 63.7 cm³/mol. The van der Waals surface area contributed by atoms with Crippen molar-refractivity contribution in [1.82, 2.24) is 15.1 Å². The summed E-state index contributed by atoms with van der Waals surface area (Å²) in [5, 5.41) is 7.26. The Morgan fingerprint density at radius 1 is 1.53 bits per heavy atom. The lowest BCUT2D eigenvalue weighted by atomic mass is 10.2. The number of ether oxygens (including phenoxy) is 1. The number of nitrogens with zero attached hydrogens (tertiary/aromatic N) is 2. The van der Waals surface area contributed by atoms with Gasteiger partial charge in [0.05, 0.1) is 25.5 Å². The molecule has 0 saturated heterocycles. The molecule has 0 fully saturated rings. The fourth-order valence-electron chi connectivity index (χ4n) is 1.03. The molecule has 15 heavy (non-hydrogen) atoms. The Balaban J connectivity index is 0.00000196. The SMILES string of the molecule is CNCCn1cc(OCC(C)C)cn1.Cl. The molecule has 0 saturated carbocycles. The van der Waals surface area contributed by atoms with Crippen LogP contribution in [0.15, 0.2) is 12.4 Å². The maximum Gasteiger partial charge on any atom is 0.157 e. The summed E-state index contributed by atoms with van der Waals surface area (Å²) in [5.74, 6) is 1.41. The van der Waals surface area contributed by atoms with E-state index in [4.69, 9.17) is 4.74 Å². The van der Waals surface area contributed by atoms with Gasteiger partial charge in [-0.05, 0) is 13.0 Å². The van der Waals surface area contributed by atoms with Crippen LogP contribution < -0.4 is 10.1 Å². The van der Waals surface area contributed by atoms with E-state index in [9.17, 15) is 0 Å². The zero-order valence-corrected chi connectivity index (χ0v) is 10.4. The van der Waals surface area contributed by atoms with Crippen LogP contribution in [-0.2, 0) is 6.54 Å². The molecular weight excluding hydrogens is 214 g/mol. The molecule has 0 atom stereocenters. The van der Waals surface area contributed by atoms with Crippen LogP contribution >= 0.6 is 12.4 Å². The van der Waals surface area contributed by atoms with Gasteiger partial charge in [-0.1, -0.05) is 13.8 Å². The van der Waals surface area contributed by atoms with Gasteiger partial charge in [-0.25, -0.2) is 0 Å². The Bertz CT molecular complexity index is 263. The molecule has 88 valence electrons. The minimum absolute atomic E-state index is 0. The highest BCUT2D eigenvalue weighted by Gasteiger charge is 2.00. The molecule has 0 spiro atoms. The van der Waals surface area contributed by atoms with E-state index >= 15 is 0 Å². The number of likely N-dealkylation sites (N-methyl/N-ethyl adjacent to an activating group) is 1. The zero-order chi connectivity index (χ0) is 10.4. The topological polar surface area (TPSA) is 39.1 Å². The van der Waals surface area contributed by atoms with Crippen LogP contribution in [-0.4, -0.2) is 30.0 Å². The summed E-state index contributed by atoms with van der Waals surface area (Å²) >= 11 is 0. The Morgan fingerprint density at radius 3 is 2.87 bits per heavy atom.